The summed E-state index contributed by atoms with van der Waals surface area (Å²) in [6.45, 7) is 2.00. The molecule has 0 aliphatic heterocycles. The highest BCUT2D eigenvalue weighted by molar-refractivity contribution is 9.10. The van der Waals surface area contributed by atoms with E-state index in [-0.39, 0.29) is 36.8 Å². The summed E-state index contributed by atoms with van der Waals surface area (Å²) in [7, 11) is 0. The normalized spacial score (nSPS) is 14.2. The molecular weight excluding hydrogens is 547 g/mol. The van der Waals surface area contributed by atoms with Gasteiger partial charge < -0.3 is 15.0 Å². The Hall–Kier alpha value is -3.19. The molecule has 7 heteroatoms. The van der Waals surface area contributed by atoms with Gasteiger partial charge in [-0.1, -0.05) is 68.3 Å². The second-order valence-corrected chi connectivity index (χ2v) is 10.6. The van der Waals surface area contributed by atoms with E-state index in [0.29, 0.717) is 12.2 Å². The van der Waals surface area contributed by atoms with Crippen molar-refractivity contribution in [2.24, 2.45) is 0 Å². The fraction of sp³-hybridized carbons (Fsp3) is 0.355. The van der Waals surface area contributed by atoms with Crippen molar-refractivity contribution in [3.05, 3.63) is 99.8 Å². The van der Waals surface area contributed by atoms with Crippen molar-refractivity contribution in [1.82, 2.24) is 10.2 Å². The summed E-state index contributed by atoms with van der Waals surface area (Å²) in [6, 6.07) is 20.9. The van der Waals surface area contributed by atoms with Crippen LogP contribution in [-0.4, -0.2) is 35.4 Å². The average molecular weight is 582 g/mol. The molecule has 0 radical (unpaired) electrons. The molecule has 2 amide bonds. The molecule has 3 aromatic rings. The maximum absolute atomic E-state index is 13.7. The third-order valence-corrected chi connectivity index (χ3v) is 7.61. The van der Waals surface area contributed by atoms with E-state index in [1.807, 2.05) is 48.5 Å². The van der Waals surface area contributed by atoms with Gasteiger partial charge in [0.2, 0.25) is 5.91 Å². The number of halogens is 2. The lowest BCUT2D eigenvalue weighted by Crippen LogP contribution is -2.53. The van der Waals surface area contributed by atoms with Gasteiger partial charge >= 0.3 is 0 Å². The Morgan fingerprint density at radius 3 is 2.34 bits per heavy atom. The molecule has 1 saturated carbocycles. The molecule has 0 unspecified atom stereocenters. The number of amides is 2. The minimum absolute atomic E-state index is 0.118. The van der Waals surface area contributed by atoms with E-state index in [0.717, 1.165) is 53.3 Å². The van der Waals surface area contributed by atoms with E-state index < -0.39 is 6.04 Å². The lowest BCUT2D eigenvalue weighted by molar-refractivity contribution is -0.143. The summed E-state index contributed by atoms with van der Waals surface area (Å²) in [4.78, 5) is 29.0. The predicted octanol–water partition coefficient (Wildman–Crippen LogP) is 6.23. The molecule has 5 nitrogen and oxygen atoms in total. The minimum atomic E-state index is -0.745. The maximum atomic E-state index is 13.7. The molecule has 0 spiro atoms. The van der Waals surface area contributed by atoms with Crippen molar-refractivity contribution in [1.29, 1.82) is 0 Å². The number of rotatable bonds is 11. The number of aryl methyl sites for hydroxylation is 1. The number of nitrogens with zero attached hydrogens (tertiary/aromatic N) is 1. The van der Waals surface area contributed by atoms with Crippen LogP contribution in [0.4, 0.5) is 4.39 Å². The number of hydrogen-bond acceptors (Lipinski definition) is 3. The van der Waals surface area contributed by atoms with Crippen LogP contribution in [-0.2, 0) is 29.0 Å². The van der Waals surface area contributed by atoms with E-state index in [2.05, 4.69) is 28.2 Å². The standard InChI is InChI=1S/C31H34BrFN2O3/c1-2-22-14-17-29(27(32)18-22)38-21-30(36)35(20-24-12-15-25(33)16-13-24)28(19-23-8-4-3-5-9-23)31(37)34-26-10-6-7-11-26/h3-5,8-9,12-18,26,28H,2,6-7,10-11,19-21H2,1H3,(H,34,37)/t28-/m1/s1. The van der Waals surface area contributed by atoms with Gasteiger partial charge in [-0.2, -0.15) is 0 Å². The van der Waals surface area contributed by atoms with Gasteiger partial charge in [-0.25, -0.2) is 4.39 Å². The second kappa shape index (κ2) is 13.6. The van der Waals surface area contributed by atoms with Crippen molar-refractivity contribution in [3.63, 3.8) is 0 Å². The van der Waals surface area contributed by atoms with Crippen LogP contribution < -0.4 is 10.1 Å². The molecule has 1 atom stereocenters. The monoisotopic (exact) mass is 580 g/mol. The highest BCUT2D eigenvalue weighted by atomic mass is 79.9. The summed E-state index contributed by atoms with van der Waals surface area (Å²) >= 11 is 3.53. The van der Waals surface area contributed by atoms with Crippen LogP contribution in [0.25, 0.3) is 0 Å². The molecule has 200 valence electrons. The lowest BCUT2D eigenvalue weighted by atomic mass is 10.0. The molecule has 1 aliphatic carbocycles. The van der Waals surface area contributed by atoms with Gasteiger partial charge in [0.15, 0.2) is 6.61 Å². The molecule has 0 saturated heterocycles. The SMILES string of the molecule is CCc1ccc(OCC(=O)N(Cc2ccc(F)cc2)[C@H](Cc2ccccc2)C(=O)NC2CCCC2)c(Br)c1. The lowest BCUT2D eigenvalue weighted by Gasteiger charge is -2.32. The Bertz CT molecular complexity index is 1210. The molecule has 38 heavy (non-hydrogen) atoms. The van der Waals surface area contributed by atoms with Crippen molar-refractivity contribution in [2.45, 2.75) is 64.1 Å². The smallest absolute Gasteiger partial charge is 0.261 e. The van der Waals surface area contributed by atoms with Crippen LogP contribution in [0.2, 0.25) is 0 Å². The molecule has 1 aliphatic rings. The Labute approximate surface area is 232 Å². The molecule has 3 aromatic carbocycles. The summed E-state index contributed by atoms with van der Waals surface area (Å²) in [6.07, 6.45) is 5.32. The average Bonchev–Trinajstić information content (AvgIpc) is 3.44. The van der Waals surface area contributed by atoms with Crippen molar-refractivity contribution < 1.29 is 18.7 Å². The molecule has 4 rings (SSSR count). The summed E-state index contributed by atoms with van der Waals surface area (Å²) in [5, 5.41) is 3.18. The molecule has 0 heterocycles. The van der Waals surface area contributed by atoms with Crippen LogP contribution in [0.15, 0.2) is 77.3 Å². The van der Waals surface area contributed by atoms with E-state index in [9.17, 15) is 14.0 Å². The fourth-order valence-corrected chi connectivity index (χ4v) is 5.35. The first kappa shape index (κ1) is 27.8. The Morgan fingerprint density at radius 2 is 1.68 bits per heavy atom. The first-order chi connectivity index (χ1) is 18.4. The molecule has 1 N–H and O–H groups in total. The number of hydrogen-bond donors (Lipinski definition) is 1. The molecule has 1 fully saturated rings. The second-order valence-electron chi connectivity index (χ2n) is 9.75. The predicted molar refractivity (Wildman–Crippen MR) is 150 cm³/mol. The first-order valence-corrected chi connectivity index (χ1v) is 14.0. The quantitative estimate of drug-likeness (QED) is 0.292. The van der Waals surface area contributed by atoms with Crippen LogP contribution in [0.1, 0.15) is 49.3 Å². The van der Waals surface area contributed by atoms with Crippen molar-refractivity contribution in [2.75, 3.05) is 6.61 Å². The number of nitrogens with one attached hydrogen (secondary N) is 1. The van der Waals surface area contributed by atoms with Crippen LogP contribution in [0, 0.1) is 5.82 Å². The zero-order chi connectivity index (χ0) is 26.9. The van der Waals surface area contributed by atoms with E-state index >= 15 is 0 Å². The molecular formula is C31H34BrFN2O3. The molecule has 0 aromatic heterocycles. The van der Waals surface area contributed by atoms with Gasteiger partial charge in [-0.15, -0.1) is 0 Å². The Morgan fingerprint density at radius 1 is 1.00 bits per heavy atom. The van der Waals surface area contributed by atoms with Crippen molar-refractivity contribution in [3.8, 4) is 5.75 Å². The largest absolute Gasteiger partial charge is 0.483 e. The van der Waals surface area contributed by atoms with E-state index in [1.165, 1.54) is 12.1 Å². The van der Waals surface area contributed by atoms with Crippen LogP contribution in [0.5, 0.6) is 5.75 Å². The van der Waals surface area contributed by atoms with Gasteiger partial charge in [0, 0.05) is 19.0 Å². The van der Waals surface area contributed by atoms with Crippen LogP contribution >= 0.6 is 15.9 Å². The maximum Gasteiger partial charge on any atom is 0.261 e. The minimum Gasteiger partial charge on any atom is -0.483 e. The van der Waals surface area contributed by atoms with Gasteiger partial charge in [0.05, 0.1) is 4.47 Å². The summed E-state index contributed by atoms with van der Waals surface area (Å²) < 4.78 is 20.3. The third-order valence-electron chi connectivity index (χ3n) is 6.99. The molecule has 0 bridgehead atoms. The third kappa shape index (κ3) is 7.67. The topological polar surface area (TPSA) is 58.6 Å². The number of carbonyl (C=O) groups excluding carboxylic acids is 2. The Kier molecular flexibility index (Phi) is 9.93. The van der Waals surface area contributed by atoms with E-state index in [4.69, 9.17) is 4.74 Å². The van der Waals surface area contributed by atoms with Crippen molar-refractivity contribution >= 4 is 27.7 Å². The highest BCUT2D eigenvalue weighted by Crippen LogP contribution is 2.27. The fourth-order valence-electron chi connectivity index (χ4n) is 4.81. The van der Waals surface area contributed by atoms with Gasteiger partial charge in [-0.05, 0) is 76.1 Å². The van der Waals surface area contributed by atoms with E-state index in [1.54, 1.807) is 17.0 Å². The van der Waals surface area contributed by atoms with Gasteiger partial charge in [0.1, 0.15) is 17.6 Å². The Balaban J connectivity index is 1.60. The summed E-state index contributed by atoms with van der Waals surface area (Å²) in [5.74, 6) is -0.282. The highest BCUT2D eigenvalue weighted by Gasteiger charge is 2.32. The van der Waals surface area contributed by atoms with Gasteiger partial charge in [-0.3, -0.25) is 9.59 Å². The van der Waals surface area contributed by atoms with Crippen LogP contribution in [0.3, 0.4) is 0 Å². The summed E-state index contributed by atoms with van der Waals surface area (Å²) in [5.41, 5.74) is 2.84. The number of benzene rings is 3. The number of carbonyl (C=O) groups is 2. The zero-order valence-electron chi connectivity index (χ0n) is 21.7. The van der Waals surface area contributed by atoms with Gasteiger partial charge in [0.25, 0.3) is 5.91 Å². The first-order valence-electron chi connectivity index (χ1n) is 13.2. The number of ether oxygens (including phenoxy) is 1. The zero-order valence-corrected chi connectivity index (χ0v) is 23.3.